The summed E-state index contributed by atoms with van der Waals surface area (Å²) in [6.45, 7) is 5.71. The molecule has 1 fully saturated rings. The normalized spacial score (nSPS) is 24.8. The van der Waals surface area contributed by atoms with Crippen LogP contribution in [0.5, 0.6) is 0 Å². The van der Waals surface area contributed by atoms with Crippen LogP contribution >= 0.6 is 0 Å². The Kier molecular flexibility index (Phi) is 3.84. The molecule has 1 saturated carbocycles. The topological polar surface area (TPSA) is 55.3 Å². The highest BCUT2D eigenvalue weighted by molar-refractivity contribution is 5.20. The second kappa shape index (κ2) is 5.19. The molecule has 0 radical (unpaired) electrons. The molecule has 0 saturated heterocycles. The molecule has 2 N–H and O–H groups in total. The van der Waals surface area contributed by atoms with E-state index in [1.165, 1.54) is 24.8 Å². The number of hydrogen-bond donors (Lipinski definition) is 1. The van der Waals surface area contributed by atoms with Crippen molar-refractivity contribution in [3.63, 3.8) is 0 Å². The second-order valence-corrected chi connectivity index (χ2v) is 5.21. The van der Waals surface area contributed by atoms with Crippen molar-refractivity contribution in [1.29, 1.82) is 0 Å². The Bertz CT molecular complexity index is 355. The van der Waals surface area contributed by atoms with Gasteiger partial charge in [-0.15, -0.1) is 0 Å². The molecule has 1 aromatic rings. The van der Waals surface area contributed by atoms with E-state index in [1.807, 2.05) is 13.8 Å². The van der Waals surface area contributed by atoms with Crippen LogP contribution in [0, 0.1) is 19.8 Å². The first-order chi connectivity index (χ1) is 8.13. The van der Waals surface area contributed by atoms with E-state index < -0.39 is 0 Å². The smallest absolute Gasteiger partial charge is 0.138 e. The van der Waals surface area contributed by atoms with Gasteiger partial charge in [-0.2, -0.15) is 0 Å². The average molecular weight is 237 g/mol. The molecule has 0 aromatic carbocycles. The van der Waals surface area contributed by atoms with Crippen LogP contribution in [-0.2, 0) is 6.54 Å². The first kappa shape index (κ1) is 12.6. The van der Waals surface area contributed by atoms with Gasteiger partial charge in [0.15, 0.2) is 0 Å². The zero-order valence-corrected chi connectivity index (χ0v) is 11.1. The highest BCUT2D eigenvalue weighted by Gasteiger charge is 2.29. The molecular formula is C13H23N3O. The third-order valence-corrected chi connectivity index (χ3v) is 4.08. The van der Waals surface area contributed by atoms with E-state index >= 15 is 0 Å². The zero-order valence-electron chi connectivity index (χ0n) is 11.1. The summed E-state index contributed by atoms with van der Waals surface area (Å²) in [6.07, 6.45) is 3.84. The molecule has 4 heteroatoms. The fourth-order valence-corrected chi connectivity index (χ4v) is 2.97. The molecule has 0 bridgehead atoms. The van der Waals surface area contributed by atoms with Crippen LogP contribution in [0.2, 0.25) is 0 Å². The van der Waals surface area contributed by atoms with E-state index in [-0.39, 0.29) is 0 Å². The maximum absolute atomic E-state index is 5.84. The van der Waals surface area contributed by atoms with Crippen LogP contribution in [0.15, 0.2) is 4.52 Å². The van der Waals surface area contributed by atoms with E-state index in [4.69, 9.17) is 10.3 Å². The van der Waals surface area contributed by atoms with Gasteiger partial charge >= 0.3 is 0 Å². The van der Waals surface area contributed by atoms with Crippen molar-refractivity contribution in [2.24, 2.45) is 11.7 Å². The van der Waals surface area contributed by atoms with Crippen molar-refractivity contribution in [3.8, 4) is 0 Å². The molecule has 96 valence electrons. The third-order valence-electron chi connectivity index (χ3n) is 4.08. The van der Waals surface area contributed by atoms with Crippen LogP contribution in [0.4, 0.5) is 0 Å². The number of hydrogen-bond acceptors (Lipinski definition) is 4. The lowest BCUT2D eigenvalue weighted by atomic mass is 10.0. The van der Waals surface area contributed by atoms with Gasteiger partial charge in [0.1, 0.15) is 5.76 Å². The van der Waals surface area contributed by atoms with Gasteiger partial charge in [-0.3, -0.25) is 4.90 Å². The summed E-state index contributed by atoms with van der Waals surface area (Å²) >= 11 is 0. The SMILES string of the molecule is Cc1noc(C)c1CN(C)C1CCCC1CN. The zero-order chi connectivity index (χ0) is 12.4. The Balaban J connectivity index is 2.04. The lowest BCUT2D eigenvalue weighted by molar-refractivity contribution is 0.191. The third kappa shape index (κ3) is 2.53. The van der Waals surface area contributed by atoms with Gasteiger partial charge in [-0.05, 0) is 46.2 Å². The van der Waals surface area contributed by atoms with Gasteiger partial charge in [0.05, 0.1) is 5.69 Å². The number of aromatic nitrogens is 1. The fraction of sp³-hybridized carbons (Fsp3) is 0.769. The van der Waals surface area contributed by atoms with Crippen LogP contribution in [0.3, 0.4) is 0 Å². The Hall–Kier alpha value is -0.870. The van der Waals surface area contributed by atoms with E-state index in [0.717, 1.165) is 24.5 Å². The molecule has 1 aromatic heterocycles. The van der Waals surface area contributed by atoms with E-state index in [0.29, 0.717) is 12.0 Å². The van der Waals surface area contributed by atoms with Crippen LogP contribution in [0.1, 0.15) is 36.3 Å². The molecule has 2 atom stereocenters. The summed E-state index contributed by atoms with van der Waals surface area (Å²) in [5.74, 6) is 1.59. The minimum Gasteiger partial charge on any atom is -0.361 e. The van der Waals surface area contributed by atoms with Gasteiger partial charge in [0, 0.05) is 18.2 Å². The minimum atomic E-state index is 0.619. The largest absolute Gasteiger partial charge is 0.361 e. The van der Waals surface area contributed by atoms with E-state index in [2.05, 4.69) is 17.1 Å². The van der Waals surface area contributed by atoms with Crippen LogP contribution < -0.4 is 5.73 Å². The first-order valence-electron chi connectivity index (χ1n) is 6.45. The highest BCUT2D eigenvalue weighted by Crippen LogP contribution is 2.30. The summed E-state index contributed by atoms with van der Waals surface area (Å²) in [7, 11) is 2.19. The molecule has 0 amide bonds. The van der Waals surface area contributed by atoms with Gasteiger partial charge in [0.25, 0.3) is 0 Å². The van der Waals surface area contributed by atoms with Crippen molar-refractivity contribution in [3.05, 3.63) is 17.0 Å². The van der Waals surface area contributed by atoms with Crippen LogP contribution in [-0.4, -0.2) is 29.7 Å². The number of nitrogens with two attached hydrogens (primary N) is 1. The monoisotopic (exact) mass is 237 g/mol. The summed E-state index contributed by atoms with van der Waals surface area (Å²) in [6, 6.07) is 0.619. The fourth-order valence-electron chi connectivity index (χ4n) is 2.97. The molecule has 2 unspecified atom stereocenters. The standard InChI is InChI=1S/C13H23N3O/c1-9-12(10(2)17-15-9)8-16(3)13-6-4-5-11(13)7-14/h11,13H,4-8,14H2,1-3H3. The number of nitrogens with zero attached hydrogens (tertiary/aromatic N) is 2. The summed E-state index contributed by atoms with van der Waals surface area (Å²) in [5.41, 5.74) is 8.08. The molecule has 0 aliphatic heterocycles. The van der Waals surface area contributed by atoms with Gasteiger partial charge in [-0.1, -0.05) is 11.6 Å². The molecule has 0 spiro atoms. The van der Waals surface area contributed by atoms with Crippen LogP contribution in [0.25, 0.3) is 0 Å². The second-order valence-electron chi connectivity index (χ2n) is 5.21. The van der Waals surface area contributed by atoms with Crippen molar-refractivity contribution >= 4 is 0 Å². The Morgan fingerprint density at radius 3 is 2.76 bits per heavy atom. The summed E-state index contributed by atoms with van der Waals surface area (Å²) < 4.78 is 5.21. The number of aryl methyl sites for hydroxylation is 2. The van der Waals surface area contributed by atoms with E-state index in [9.17, 15) is 0 Å². The molecule has 1 aliphatic carbocycles. The Morgan fingerprint density at radius 2 is 2.18 bits per heavy atom. The number of rotatable bonds is 4. The minimum absolute atomic E-state index is 0.619. The van der Waals surface area contributed by atoms with E-state index in [1.54, 1.807) is 0 Å². The van der Waals surface area contributed by atoms with Crippen molar-refractivity contribution < 1.29 is 4.52 Å². The lowest BCUT2D eigenvalue weighted by Crippen LogP contribution is -2.37. The first-order valence-corrected chi connectivity index (χ1v) is 6.45. The lowest BCUT2D eigenvalue weighted by Gasteiger charge is -2.28. The molecule has 1 heterocycles. The Labute approximate surface area is 103 Å². The Morgan fingerprint density at radius 1 is 1.41 bits per heavy atom. The maximum Gasteiger partial charge on any atom is 0.138 e. The van der Waals surface area contributed by atoms with Crippen molar-refractivity contribution in [2.75, 3.05) is 13.6 Å². The quantitative estimate of drug-likeness (QED) is 0.868. The molecule has 2 rings (SSSR count). The predicted molar refractivity (Wildman–Crippen MR) is 67.6 cm³/mol. The molecule has 17 heavy (non-hydrogen) atoms. The average Bonchev–Trinajstić information content (AvgIpc) is 2.90. The van der Waals surface area contributed by atoms with Crippen molar-refractivity contribution in [2.45, 2.75) is 45.7 Å². The predicted octanol–water partition coefficient (Wildman–Crippen LogP) is 1.85. The molecular weight excluding hydrogens is 214 g/mol. The highest BCUT2D eigenvalue weighted by atomic mass is 16.5. The maximum atomic E-state index is 5.84. The van der Waals surface area contributed by atoms with Gasteiger partial charge < -0.3 is 10.3 Å². The van der Waals surface area contributed by atoms with Crippen molar-refractivity contribution in [1.82, 2.24) is 10.1 Å². The van der Waals surface area contributed by atoms with Gasteiger partial charge in [0.2, 0.25) is 0 Å². The van der Waals surface area contributed by atoms with Gasteiger partial charge in [-0.25, -0.2) is 0 Å². The molecule has 1 aliphatic rings. The summed E-state index contributed by atoms with van der Waals surface area (Å²) in [4.78, 5) is 2.41. The summed E-state index contributed by atoms with van der Waals surface area (Å²) in [5, 5.41) is 4.01. The molecule has 4 nitrogen and oxygen atoms in total.